The summed E-state index contributed by atoms with van der Waals surface area (Å²) >= 11 is 0. The molecule has 222 valence electrons. The zero-order chi connectivity index (χ0) is 30.4. The van der Waals surface area contributed by atoms with E-state index in [1.807, 2.05) is 0 Å². The van der Waals surface area contributed by atoms with Gasteiger partial charge < -0.3 is 4.74 Å². The summed E-state index contributed by atoms with van der Waals surface area (Å²) in [6.07, 6.45) is -12.4. The lowest BCUT2D eigenvalue weighted by Gasteiger charge is -2.42. The van der Waals surface area contributed by atoms with Crippen LogP contribution in [0.15, 0.2) is 24.3 Å². The maximum absolute atomic E-state index is 13.9. The Kier molecular flexibility index (Phi) is 9.00. The minimum atomic E-state index is -8.61. The Balaban J connectivity index is 3.24. The second-order valence-electron chi connectivity index (χ2n) is 8.31. The van der Waals surface area contributed by atoms with E-state index in [1.54, 1.807) is 13.8 Å². The molecule has 0 unspecified atom stereocenters. The highest BCUT2D eigenvalue weighted by Gasteiger charge is 2.95. The summed E-state index contributed by atoms with van der Waals surface area (Å²) in [5.41, 5.74) is 0.0814. The van der Waals surface area contributed by atoms with Crippen LogP contribution in [0.5, 0.6) is 5.75 Å². The van der Waals surface area contributed by atoms with Gasteiger partial charge in [0.15, 0.2) is 0 Å². The third-order valence-corrected chi connectivity index (χ3v) is 5.04. The van der Waals surface area contributed by atoms with Crippen molar-refractivity contribution in [2.24, 2.45) is 0 Å². The van der Waals surface area contributed by atoms with Gasteiger partial charge in [0.1, 0.15) is 5.75 Å². The Bertz CT molecular complexity index is 932. The zero-order valence-electron chi connectivity index (χ0n) is 18.8. The molecule has 0 N–H and O–H groups in total. The molecule has 0 aromatic heterocycles. The van der Waals surface area contributed by atoms with Gasteiger partial charge in [-0.2, -0.15) is 74.6 Å². The lowest BCUT2D eigenvalue weighted by molar-refractivity contribution is -0.461. The first-order valence-corrected chi connectivity index (χ1v) is 10.1. The molecule has 0 aliphatic heterocycles. The minimum Gasteiger partial charge on any atom is -0.491 e. The lowest BCUT2D eigenvalue weighted by atomic mass is 9.87. The summed E-state index contributed by atoms with van der Waals surface area (Å²) in [5, 5.41) is 0. The Morgan fingerprint density at radius 2 is 0.921 bits per heavy atom. The Hall–Kier alpha value is -2.17. The van der Waals surface area contributed by atoms with Gasteiger partial charge in [-0.15, -0.1) is 0 Å². The molecule has 0 fully saturated rings. The highest BCUT2D eigenvalue weighted by atomic mass is 19.4. The molecule has 0 aliphatic carbocycles. The van der Waals surface area contributed by atoms with Crippen LogP contribution in [0.4, 0.5) is 74.6 Å². The molecule has 0 aliphatic rings. The van der Waals surface area contributed by atoms with Crippen molar-refractivity contribution < 1.29 is 79.4 Å². The number of benzene rings is 1. The quantitative estimate of drug-likeness (QED) is 0.219. The average molecular weight is 596 g/mol. The van der Waals surface area contributed by atoms with Crippen molar-refractivity contribution >= 4 is 0 Å². The smallest absolute Gasteiger partial charge is 0.460 e. The van der Waals surface area contributed by atoms with Crippen molar-refractivity contribution in [2.75, 3.05) is 0 Å². The summed E-state index contributed by atoms with van der Waals surface area (Å²) < 4.78 is 231. The van der Waals surface area contributed by atoms with E-state index in [4.69, 9.17) is 4.74 Å². The van der Waals surface area contributed by atoms with Crippen LogP contribution in [0.1, 0.15) is 32.3 Å². The third-order valence-electron chi connectivity index (χ3n) is 5.04. The van der Waals surface area contributed by atoms with Crippen LogP contribution in [-0.4, -0.2) is 53.7 Å². The van der Waals surface area contributed by atoms with Gasteiger partial charge in [-0.05, 0) is 44.4 Å². The van der Waals surface area contributed by atoms with Crippen molar-refractivity contribution in [3.63, 3.8) is 0 Å². The first-order chi connectivity index (χ1) is 16.6. The van der Waals surface area contributed by atoms with Gasteiger partial charge >= 0.3 is 47.6 Å². The normalized spacial score (nSPS) is 15.3. The molecule has 1 rings (SSSR count). The first-order valence-electron chi connectivity index (χ1n) is 10.1. The van der Waals surface area contributed by atoms with Gasteiger partial charge in [0.25, 0.3) is 0 Å². The molecular formula is C20H17F17O. The maximum atomic E-state index is 13.9. The maximum Gasteiger partial charge on any atom is 0.460 e. The number of rotatable bonds is 12. The predicted octanol–water partition coefficient (Wildman–Crippen LogP) is 8.81. The zero-order valence-corrected chi connectivity index (χ0v) is 18.8. The number of halogens is 17. The van der Waals surface area contributed by atoms with E-state index in [0.29, 0.717) is 0 Å². The van der Waals surface area contributed by atoms with Crippen LogP contribution in [-0.2, 0) is 6.42 Å². The van der Waals surface area contributed by atoms with Crippen LogP contribution in [0.3, 0.4) is 0 Å². The average Bonchev–Trinajstić information content (AvgIpc) is 2.72. The highest BCUT2D eigenvalue weighted by Crippen LogP contribution is 2.64. The number of ether oxygens (including phenoxy) is 1. The number of alkyl halides is 17. The highest BCUT2D eigenvalue weighted by molar-refractivity contribution is 5.27. The van der Waals surface area contributed by atoms with E-state index in [9.17, 15) is 74.6 Å². The summed E-state index contributed by atoms with van der Waals surface area (Å²) in [7, 11) is 0. The first kappa shape index (κ1) is 33.9. The second kappa shape index (κ2) is 10.1. The molecule has 0 saturated carbocycles. The van der Waals surface area contributed by atoms with Crippen molar-refractivity contribution in [3.05, 3.63) is 29.8 Å². The second-order valence-corrected chi connectivity index (χ2v) is 8.31. The Labute approximate surface area is 202 Å². The lowest BCUT2D eigenvalue weighted by Crippen LogP contribution is -2.74. The van der Waals surface area contributed by atoms with Crippen LogP contribution in [0.2, 0.25) is 0 Å². The molecule has 0 radical (unpaired) electrons. The predicted molar refractivity (Wildman–Crippen MR) is 95.8 cm³/mol. The molecule has 0 atom stereocenters. The van der Waals surface area contributed by atoms with Gasteiger partial charge in [0.05, 0.1) is 6.10 Å². The van der Waals surface area contributed by atoms with Gasteiger partial charge in [-0.3, -0.25) is 0 Å². The molecule has 1 aromatic carbocycles. The SMILES string of the molecule is CC(C)Oc1ccc(CCCC(F)(F)C(F)(F)C(F)(F)C(F)(F)C(F)(F)C(F)(F)C(F)(F)C(F)(F)F)cc1. The van der Waals surface area contributed by atoms with Crippen LogP contribution < -0.4 is 4.74 Å². The number of hydrogen-bond acceptors (Lipinski definition) is 1. The largest absolute Gasteiger partial charge is 0.491 e. The van der Waals surface area contributed by atoms with Gasteiger partial charge in [-0.25, -0.2) is 0 Å². The Morgan fingerprint density at radius 3 is 1.29 bits per heavy atom. The third kappa shape index (κ3) is 5.45. The Morgan fingerprint density at radius 1 is 0.553 bits per heavy atom. The number of aryl methyl sites for hydroxylation is 1. The van der Waals surface area contributed by atoms with E-state index in [2.05, 4.69) is 0 Å². The molecule has 1 nitrogen and oxygen atoms in total. The van der Waals surface area contributed by atoms with Gasteiger partial charge in [0.2, 0.25) is 0 Å². The topological polar surface area (TPSA) is 9.23 Å². The monoisotopic (exact) mass is 596 g/mol. The molecule has 0 heterocycles. The van der Waals surface area contributed by atoms with Gasteiger partial charge in [0, 0.05) is 6.42 Å². The summed E-state index contributed by atoms with van der Waals surface area (Å²) in [4.78, 5) is 0. The van der Waals surface area contributed by atoms with Crippen LogP contribution in [0, 0.1) is 0 Å². The van der Waals surface area contributed by atoms with E-state index in [1.165, 1.54) is 24.3 Å². The van der Waals surface area contributed by atoms with Crippen LogP contribution in [0.25, 0.3) is 0 Å². The van der Waals surface area contributed by atoms with Crippen molar-refractivity contribution in [3.8, 4) is 5.75 Å². The molecule has 1 aromatic rings. The molecule has 38 heavy (non-hydrogen) atoms. The molecule has 0 saturated heterocycles. The fourth-order valence-electron chi connectivity index (χ4n) is 2.87. The molecular weight excluding hydrogens is 579 g/mol. The van der Waals surface area contributed by atoms with E-state index >= 15 is 0 Å². The van der Waals surface area contributed by atoms with Gasteiger partial charge in [-0.1, -0.05) is 12.1 Å². The van der Waals surface area contributed by atoms with E-state index in [0.717, 1.165) is 0 Å². The van der Waals surface area contributed by atoms with Crippen molar-refractivity contribution in [2.45, 2.75) is 86.8 Å². The molecule has 0 bridgehead atoms. The van der Waals surface area contributed by atoms with Crippen LogP contribution >= 0.6 is 0 Å². The van der Waals surface area contributed by atoms with Crippen molar-refractivity contribution in [1.29, 1.82) is 0 Å². The standard InChI is InChI=1S/C20H17F17O/c1-10(2)38-12-7-5-11(6-8-12)4-3-9-13(21,22)14(23,24)15(25,26)16(27,28)17(29,30)18(31,32)19(33,34)20(35,36)37/h5-8,10H,3-4,9H2,1-2H3. The van der Waals surface area contributed by atoms with Crippen molar-refractivity contribution in [1.82, 2.24) is 0 Å². The summed E-state index contributed by atoms with van der Waals surface area (Å²) in [5.74, 6) is -55.8. The molecule has 0 amide bonds. The summed E-state index contributed by atoms with van der Waals surface area (Å²) in [6, 6.07) is 4.94. The summed E-state index contributed by atoms with van der Waals surface area (Å²) in [6.45, 7) is 3.27. The fraction of sp³-hybridized carbons (Fsp3) is 0.700. The van der Waals surface area contributed by atoms with E-state index < -0.39 is 66.9 Å². The van der Waals surface area contributed by atoms with E-state index in [-0.39, 0.29) is 17.4 Å². The number of hydrogen-bond donors (Lipinski definition) is 0. The fourth-order valence-corrected chi connectivity index (χ4v) is 2.87. The minimum absolute atomic E-state index is 0.0814. The molecule has 0 spiro atoms. The molecule has 18 heteroatoms.